The van der Waals surface area contributed by atoms with Crippen LogP contribution in [0.5, 0.6) is 0 Å². The van der Waals surface area contributed by atoms with Gasteiger partial charge < -0.3 is 4.74 Å². The van der Waals surface area contributed by atoms with Crippen molar-refractivity contribution in [1.29, 1.82) is 5.26 Å². The molecule has 0 saturated carbocycles. The van der Waals surface area contributed by atoms with Crippen molar-refractivity contribution in [3.8, 4) is 6.07 Å². The molecule has 0 spiro atoms. The fourth-order valence-corrected chi connectivity index (χ4v) is 4.13. The Balaban J connectivity index is 1.52. The number of carbonyl (C=O) groups is 1. The van der Waals surface area contributed by atoms with Gasteiger partial charge in [0.2, 0.25) is 0 Å². The fourth-order valence-electron chi connectivity index (χ4n) is 4.13. The zero-order valence-electron chi connectivity index (χ0n) is 15.4. The summed E-state index contributed by atoms with van der Waals surface area (Å²) in [4.78, 5) is 14.6. The number of nitrogens with zero attached hydrogens (tertiary/aromatic N) is 2. The standard InChI is InChI=1S/C23H22N2O2/c1-16-7-8-18(14-24)22(11-16)19-12-20-9-10-21(13-19)25(20)23(26)27-15-17-5-3-2-4-6-17/h2-8,11-12,20-21H,9-10,13,15H2,1H3. The lowest BCUT2D eigenvalue weighted by Gasteiger charge is -2.33. The number of hydrogen-bond acceptors (Lipinski definition) is 3. The number of fused-ring (bicyclic) bond motifs is 2. The summed E-state index contributed by atoms with van der Waals surface area (Å²) in [5.74, 6) is 0. The molecular weight excluding hydrogens is 336 g/mol. The van der Waals surface area contributed by atoms with Crippen LogP contribution in [0.4, 0.5) is 4.79 Å². The lowest BCUT2D eigenvalue weighted by molar-refractivity contribution is 0.0832. The molecule has 4 nitrogen and oxygen atoms in total. The molecular formula is C23H22N2O2. The number of rotatable bonds is 3. The molecule has 2 atom stereocenters. The van der Waals surface area contributed by atoms with Gasteiger partial charge in [0.05, 0.1) is 17.7 Å². The first-order valence-electron chi connectivity index (χ1n) is 9.36. The van der Waals surface area contributed by atoms with Crippen LogP contribution in [-0.2, 0) is 11.3 Å². The number of aryl methyl sites for hydroxylation is 1. The number of nitriles is 1. The number of carbonyl (C=O) groups excluding carboxylic acids is 1. The molecule has 136 valence electrons. The van der Waals surface area contributed by atoms with Crippen LogP contribution in [0.1, 0.15) is 41.5 Å². The topological polar surface area (TPSA) is 53.3 Å². The third-order valence-corrected chi connectivity index (χ3v) is 5.45. The van der Waals surface area contributed by atoms with E-state index in [0.29, 0.717) is 12.2 Å². The Bertz CT molecular complexity index is 927. The van der Waals surface area contributed by atoms with Gasteiger partial charge in [0.1, 0.15) is 6.61 Å². The second kappa shape index (κ2) is 7.28. The highest BCUT2D eigenvalue weighted by Crippen LogP contribution is 2.39. The van der Waals surface area contributed by atoms with E-state index in [1.54, 1.807) is 0 Å². The van der Waals surface area contributed by atoms with Crippen LogP contribution < -0.4 is 0 Å². The lowest BCUT2D eigenvalue weighted by Crippen LogP contribution is -2.43. The number of hydrogen-bond donors (Lipinski definition) is 0. The van der Waals surface area contributed by atoms with Crippen LogP contribution in [0.15, 0.2) is 54.6 Å². The summed E-state index contributed by atoms with van der Waals surface area (Å²) >= 11 is 0. The van der Waals surface area contributed by atoms with E-state index in [1.165, 1.54) is 5.57 Å². The molecule has 2 unspecified atom stereocenters. The second-order valence-electron chi connectivity index (χ2n) is 7.30. The molecule has 4 heteroatoms. The molecule has 0 radical (unpaired) electrons. The zero-order valence-corrected chi connectivity index (χ0v) is 15.4. The van der Waals surface area contributed by atoms with E-state index in [-0.39, 0.29) is 18.2 Å². The summed E-state index contributed by atoms with van der Waals surface area (Å²) in [6.07, 6.45) is 4.60. The summed E-state index contributed by atoms with van der Waals surface area (Å²) in [6.45, 7) is 2.33. The van der Waals surface area contributed by atoms with Gasteiger partial charge in [-0.2, -0.15) is 5.26 Å². The monoisotopic (exact) mass is 358 g/mol. The first kappa shape index (κ1) is 17.4. The maximum absolute atomic E-state index is 12.7. The minimum Gasteiger partial charge on any atom is -0.445 e. The zero-order chi connectivity index (χ0) is 18.8. The molecule has 2 aromatic rings. The van der Waals surface area contributed by atoms with E-state index in [9.17, 15) is 10.1 Å². The Morgan fingerprint density at radius 2 is 2.04 bits per heavy atom. The van der Waals surface area contributed by atoms with Crippen molar-refractivity contribution in [3.63, 3.8) is 0 Å². The maximum Gasteiger partial charge on any atom is 0.410 e. The Hall–Kier alpha value is -3.06. The van der Waals surface area contributed by atoms with Crippen molar-refractivity contribution < 1.29 is 9.53 Å². The van der Waals surface area contributed by atoms with Crippen LogP contribution in [-0.4, -0.2) is 23.1 Å². The second-order valence-corrected chi connectivity index (χ2v) is 7.30. The van der Waals surface area contributed by atoms with Crippen LogP contribution >= 0.6 is 0 Å². The fraction of sp³-hybridized carbons (Fsp3) is 0.304. The summed E-state index contributed by atoms with van der Waals surface area (Å²) in [5, 5.41) is 9.44. The van der Waals surface area contributed by atoms with Gasteiger partial charge in [0, 0.05) is 6.04 Å². The molecule has 2 aliphatic heterocycles. The van der Waals surface area contributed by atoms with Gasteiger partial charge in [0.25, 0.3) is 0 Å². The highest BCUT2D eigenvalue weighted by atomic mass is 16.6. The van der Waals surface area contributed by atoms with Gasteiger partial charge in [-0.15, -0.1) is 0 Å². The Labute approximate surface area is 159 Å². The highest BCUT2D eigenvalue weighted by Gasteiger charge is 2.40. The third-order valence-electron chi connectivity index (χ3n) is 5.45. The van der Waals surface area contributed by atoms with Gasteiger partial charge in [0.15, 0.2) is 0 Å². The predicted molar refractivity (Wildman–Crippen MR) is 104 cm³/mol. The smallest absolute Gasteiger partial charge is 0.410 e. The van der Waals surface area contributed by atoms with E-state index in [4.69, 9.17) is 4.74 Å². The highest BCUT2D eigenvalue weighted by molar-refractivity contribution is 5.77. The maximum atomic E-state index is 12.7. The molecule has 1 saturated heterocycles. The molecule has 0 N–H and O–H groups in total. The van der Waals surface area contributed by atoms with Crippen molar-refractivity contribution in [1.82, 2.24) is 4.90 Å². The number of ether oxygens (including phenoxy) is 1. The molecule has 1 fully saturated rings. The van der Waals surface area contributed by atoms with Crippen molar-refractivity contribution in [2.24, 2.45) is 0 Å². The lowest BCUT2D eigenvalue weighted by atomic mass is 9.91. The average Bonchev–Trinajstić information content (AvgIpc) is 2.96. The molecule has 27 heavy (non-hydrogen) atoms. The average molecular weight is 358 g/mol. The summed E-state index contributed by atoms with van der Waals surface area (Å²) < 4.78 is 5.56. The van der Waals surface area contributed by atoms with E-state index < -0.39 is 0 Å². The molecule has 2 aliphatic rings. The third kappa shape index (κ3) is 3.46. The van der Waals surface area contributed by atoms with Crippen LogP contribution in [0.3, 0.4) is 0 Å². The Morgan fingerprint density at radius 3 is 2.78 bits per heavy atom. The van der Waals surface area contributed by atoms with Crippen molar-refractivity contribution in [2.45, 2.75) is 44.9 Å². The minimum absolute atomic E-state index is 0.0501. The van der Waals surface area contributed by atoms with Gasteiger partial charge in [-0.25, -0.2) is 4.79 Å². The quantitative estimate of drug-likeness (QED) is 0.790. The van der Waals surface area contributed by atoms with Gasteiger partial charge in [-0.1, -0.05) is 54.1 Å². The SMILES string of the molecule is Cc1ccc(C#N)c(C2=CC3CCC(C2)N3C(=O)OCc2ccccc2)c1. The van der Waals surface area contributed by atoms with E-state index in [1.807, 2.05) is 54.3 Å². The van der Waals surface area contributed by atoms with E-state index in [0.717, 1.165) is 36.0 Å². The molecule has 0 aromatic heterocycles. The summed E-state index contributed by atoms with van der Waals surface area (Å²) in [5.41, 5.74) is 5.01. The minimum atomic E-state index is -0.244. The van der Waals surface area contributed by atoms with E-state index in [2.05, 4.69) is 18.2 Å². The molecule has 2 heterocycles. The van der Waals surface area contributed by atoms with Gasteiger partial charge in [-0.3, -0.25) is 4.90 Å². The van der Waals surface area contributed by atoms with Crippen LogP contribution in [0.25, 0.3) is 5.57 Å². The molecule has 2 bridgehead atoms. The molecule has 1 amide bonds. The molecule has 2 aromatic carbocycles. The van der Waals surface area contributed by atoms with Crippen molar-refractivity contribution >= 4 is 11.7 Å². The number of benzene rings is 2. The normalized spacial score (nSPS) is 20.7. The Morgan fingerprint density at radius 1 is 1.22 bits per heavy atom. The number of amides is 1. The summed E-state index contributed by atoms with van der Waals surface area (Å²) in [7, 11) is 0. The van der Waals surface area contributed by atoms with Crippen LogP contribution in [0, 0.1) is 18.3 Å². The largest absolute Gasteiger partial charge is 0.445 e. The first-order chi connectivity index (χ1) is 13.2. The summed E-state index contributed by atoms with van der Waals surface area (Å²) in [6, 6.07) is 18.2. The Kier molecular flexibility index (Phi) is 4.68. The van der Waals surface area contributed by atoms with Crippen molar-refractivity contribution in [2.75, 3.05) is 0 Å². The predicted octanol–water partition coefficient (Wildman–Crippen LogP) is 4.82. The van der Waals surface area contributed by atoms with Gasteiger partial charge in [-0.05, 0) is 49.0 Å². The first-order valence-corrected chi connectivity index (χ1v) is 9.36. The van der Waals surface area contributed by atoms with Gasteiger partial charge >= 0.3 is 6.09 Å². The van der Waals surface area contributed by atoms with Crippen LogP contribution in [0.2, 0.25) is 0 Å². The molecule has 4 rings (SSSR count). The van der Waals surface area contributed by atoms with E-state index >= 15 is 0 Å². The van der Waals surface area contributed by atoms with Crippen molar-refractivity contribution in [3.05, 3.63) is 76.9 Å². The molecule has 0 aliphatic carbocycles.